The molecular weight excluding hydrogens is 286 g/mol. The Bertz CT molecular complexity index is 637. The number of aryl methyl sites for hydroxylation is 1. The van der Waals surface area contributed by atoms with Crippen molar-refractivity contribution in [1.82, 2.24) is 19.3 Å². The Morgan fingerprint density at radius 3 is 2.52 bits per heavy atom. The first kappa shape index (κ1) is 13.7. The van der Waals surface area contributed by atoms with Crippen molar-refractivity contribution in [1.29, 1.82) is 5.26 Å². The van der Waals surface area contributed by atoms with Gasteiger partial charge in [-0.15, -0.1) is 0 Å². The molecule has 3 rings (SSSR count). The minimum absolute atomic E-state index is 0.346. The molecular formula is C13H15N7S. The van der Waals surface area contributed by atoms with Gasteiger partial charge in [0.05, 0.1) is 12.4 Å². The van der Waals surface area contributed by atoms with E-state index in [0.29, 0.717) is 5.69 Å². The second-order valence-corrected chi connectivity index (χ2v) is 5.42. The van der Waals surface area contributed by atoms with Gasteiger partial charge in [0.15, 0.2) is 5.69 Å². The largest absolute Gasteiger partial charge is 0.352 e. The molecule has 0 bridgehead atoms. The molecule has 0 saturated carbocycles. The first-order chi connectivity index (χ1) is 10.3. The fraction of sp³-hybridized carbons (Fsp3) is 0.462. The Labute approximate surface area is 127 Å². The first-order valence-electron chi connectivity index (χ1n) is 6.84. The average Bonchev–Trinajstić information content (AvgIpc) is 3.04. The maximum Gasteiger partial charge on any atom is 0.205 e. The van der Waals surface area contributed by atoms with Gasteiger partial charge in [0.25, 0.3) is 0 Å². The number of rotatable bonds is 3. The van der Waals surface area contributed by atoms with Gasteiger partial charge in [0, 0.05) is 44.1 Å². The van der Waals surface area contributed by atoms with Crippen molar-refractivity contribution < 1.29 is 0 Å². The lowest BCUT2D eigenvalue weighted by Crippen LogP contribution is -2.46. The molecule has 1 saturated heterocycles. The van der Waals surface area contributed by atoms with Gasteiger partial charge in [0.2, 0.25) is 5.13 Å². The molecule has 0 atom stereocenters. The van der Waals surface area contributed by atoms with Crippen LogP contribution in [0.4, 0.5) is 10.9 Å². The molecule has 21 heavy (non-hydrogen) atoms. The molecule has 0 aliphatic carbocycles. The molecule has 2 aromatic heterocycles. The van der Waals surface area contributed by atoms with Crippen molar-refractivity contribution in [3.8, 4) is 6.07 Å². The summed E-state index contributed by atoms with van der Waals surface area (Å²) in [5.41, 5.74) is 0.346. The molecule has 0 amide bonds. The molecule has 1 aliphatic heterocycles. The highest BCUT2D eigenvalue weighted by Crippen LogP contribution is 2.20. The summed E-state index contributed by atoms with van der Waals surface area (Å²) in [6.45, 7) is 5.57. The summed E-state index contributed by atoms with van der Waals surface area (Å²) in [5, 5.41) is 9.74. The Balaban J connectivity index is 1.63. The van der Waals surface area contributed by atoms with Crippen LogP contribution in [-0.4, -0.2) is 45.5 Å². The highest BCUT2D eigenvalue weighted by atomic mass is 32.1. The van der Waals surface area contributed by atoms with Gasteiger partial charge < -0.3 is 9.80 Å². The summed E-state index contributed by atoms with van der Waals surface area (Å²) in [5.74, 6) is 1.73. The van der Waals surface area contributed by atoms with Crippen molar-refractivity contribution in [2.45, 2.75) is 13.3 Å². The molecule has 0 spiro atoms. The van der Waals surface area contributed by atoms with Crippen LogP contribution in [0.3, 0.4) is 0 Å². The summed E-state index contributed by atoms with van der Waals surface area (Å²) < 4.78 is 4.33. The molecule has 3 heterocycles. The van der Waals surface area contributed by atoms with Crippen LogP contribution in [0, 0.1) is 11.3 Å². The number of anilines is 2. The predicted molar refractivity (Wildman–Crippen MR) is 80.5 cm³/mol. The second-order valence-electron chi connectivity index (χ2n) is 4.69. The zero-order valence-electron chi connectivity index (χ0n) is 11.7. The van der Waals surface area contributed by atoms with Crippen LogP contribution < -0.4 is 9.80 Å². The molecule has 0 radical (unpaired) electrons. The summed E-state index contributed by atoms with van der Waals surface area (Å²) >= 11 is 1.46. The number of piperazine rings is 1. The summed E-state index contributed by atoms with van der Waals surface area (Å²) in [6, 6.07) is 1.98. The summed E-state index contributed by atoms with van der Waals surface area (Å²) in [7, 11) is 0. The third kappa shape index (κ3) is 2.92. The van der Waals surface area contributed by atoms with Gasteiger partial charge in [-0.25, -0.2) is 15.0 Å². The van der Waals surface area contributed by atoms with E-state index in [0.717, 1.165) is 49.4 Å². The molecule has 0 N–H and O–H groups in total. The Morgan fingerprint density at radius 2 is 1.95 bits per heavy atom. The van der Waals surface area contributed by atoms with Crippen molar-refractivity contribution in [2.75, 3.05) is 36.0 Å². The van der Waals surface area contributed by atoms with Crippen molar-refractivity contribution in [3.63, 3.8) is 0 Å². The summed E-state index contributed by atoms with van der Waals surface area (Å²) in [4.78, 5) is 17.3. The fourth-order valence-electron chi connectivity index (χ4n) is 2.19. The second kappa shape index (κ2) is 6.01. The normalized spacial score (nSPS) is 15.0. The zero-order chi connectivity index (χ0) is 14.7. The van der Waals surface area contributed by atoms with Crippen LogP contribution in [0.15, 0.2) is 12.4 Å². The van der Waals surface area contributed by atoms with E-state index in [1.807, 2.05) is 6.07 Å². The van der Waals surface area contributed by atoms with Gasteiger partial charge in [-0.3, -0.25) is 0 Å². The molecule has 1 fully saturated rings. The minimum atomic E-state index is 0.346. The van der Waals surface area contributed by atoms with Gasteiger partial charge in [0.1, 0.15) is 17.7 Å². The standard InChI is InChI=1S/C13H15N7S/c1-2-11-17-13(21-18-11)20-5-3-19(4-6-20)12-9-15-10(7-14)8-16-12/h8-9H,2-6H2,1H3. The van der Waals surface area contributed by atoms with Gasteiger partial charge >= 0.3 is 0 Å². The Kier molecular flexibility index (Phi) is 3.92. The van der Waals surface area contributed by atoms with E-state index >= 15 is 0 Å². The molecule has 108 valence electrons. The lowest BCUT2D eigenvalue weighted by atomic mass is 10.3. The molecule has 1 aliphatic rings. The van der Waals surface area contributed by atoms with Crippen LogP contribution in [-0.2, 0) is 6.42 Å². The van der Waals surface area contributed by atoms with Gasteiger partial charge in [-0.05, 0) is 0 Å². The van der Waals surface area contributed by atoms with E-state index < -0.39 is 0 Å². The third-order valence-electron chi connectivity index (χ3n) is 3.40. The van der Waals surface area contributed by atoms with Crippen LogP contribution in [0.1, 0.15) is 18.4 Å². The smallest absolute Gasteiger partial charge is 0.205 e. The number of nitriles is 1. The molecule has 8 heteroatoms. The Hall–Kier alpha value is -2.27. The highest BCUT2D eigenvalue weighted by Gasteiger charge is 2.20. The van der Waals surface area contributed by atoms with E-state index in [2.05, 4.69) is 36.0 Å². The van der Waals surface area contributed by atoms with Crippen molar-refractivity contribution in [3.05, 3.63) is 23.9 Å². The van der Waals surface area contributed by atoms with Crippen LogP contribution in [0.25, 0.3) is 0 Å². The lowest BCUT2D eigenvalue weighted by Gasteiger charge is -2.34. The minimum Gasteiger partial charge on any atom is -0.352 e. The van der Waals surface area contributed by atoms with E-state index in [-0.39, 0.29) is 0 Å². The molecule has 0 unspecified atom stereocenters. The maximum atomic E-state index is 8.74. The highest BCUT2D eigenvalue weighted by molar-refractivity contribution is 7.09. The molecule has 7 nitrogen and oxygen atoms in total. The van der Waals surface area contributed by atoms with E-state index in [1.165, 1.54) is 17.7 Å². The monoisotopic (exact) mass is 301 g/mol. The van der Waals surface area contributed by atoms with Crippen LogP contribution in [0.2, 0.25) is 0 Å². The lowest BCUT2D eigenvalue weighted by molar-refractivity contribution is 0.644. The maximum absolute atomic E-state index is 8.74. The zero-order valence-corrected chi connectivity index (χ0v) is 12.5. The predicted octanol–water partition coefficient (Wildman–Crippen LogP) is 1.09. The Morgan fingerprint density at radius 1 is 1.19 bits per heavy atom. The third-order valence-corrected chi connectivity index (χ3v) is 4.22. The van der Waals surface area contributed by atoms with Crippen LogP contribution in [0.5, 0.6) is 0 Å². The van der Waals surface area contributed by atoms with E-state index in [1.54, 1.807) is 6.20 Å². The average molecular weight is 301 g/mol. The number of nitrogens with zero attached hydrogens (tertiary/aromatic N) is 7. The SMILES string of the molecule is CCc1nsc(N2CCN(c3cnc(C#N)cn3)CC2)n1. The summed E-state index contributed by atoms with van der Waals surface area (Å²) in [6.07, 6.45) is 4.05. The number of aromatic nitrogens is 4. The van der Waals surface area contributed by atoms with Crippen molar-refractivity contribution in [2.24, 2.45) is 0 Å². The van der Waals surface area contributed by atoms with Gasteiger partial charge in [-0.2, -0.15) is 9.64 Å². The number of hydrogen-bond acceptors (Lipinski definition) is 8. The van der Waals surface area contributed by atoms with E-state index in [9.17, 15) is 0 Å². The quantitative estimate of drug-likeness (QED) is 0.839. The van der Waals surface area contributed by atoms with E-state index in [4.69, 9.17) is 5.26 Å². The molecule has 2 aromatic rings. The van der Waals surface area contributed by atoms with Crippen molar-refractivity contribution >= 4 is 22.5 Å². The topological polar surface area (TPSA) is 81.8 Å². The van der Waals surface area contributed by atoms with Crippen LogP contribution >= 0.6 is 11.5 Å². The number of hydrogen-bond donors (Lipinski definition) is 0. The van der Waals surface area contributed by atoms with Gasteiger partial charge in [-0.1, -0.05) is 6.92 Å². The molecule has 0 aromatic carbocycles. The fourth-order valence-corrected chi connectivity index (χ4v) is 2.99. The first-order valence-corrected chi connectivity index (χ1v) is 7.62.